The number of halogens is 1. The number of methoxy groups -OCH3 is 1. The molecule has 0 fully saturated rings. The van der Waals surface area contributed by atoms with Gasteiger partial charge in [0, 0.05) is 24.8 Å². The molecule has 0 saturated heterocycles. The smallest absolute Gasteiger partial charge is 0.160 e. The van der Waals surface area contributed by atoms with Crippen molar-refractivity contribution < 1.29 is 4.74 Å². The number of hydrogen-bond acceptors (Lipinski definition) is 4. The topological polar surface area (TPSA) is 66.0 Å². The van der Waals surface area contributed by atoms with Crippen molar-refractivity contribution in [3.63, 3.8) is 0 Å². The quantitative estimate of drug-likeness (QED) is 0.805. The lowest BCUT2D eigenvalue weighted by atomic mass is 10.2. The molecule has 108 valence electrons. The molecule has 0 aliphatic heterocycles. The Hall–Kier alpha value is -2.11. The molecular weight excluding hydrogens is 288 g/mol. The molecular formula is C15H15ClN4O. The highest BCUT2D eigenvalue weighted by molar-refractivity contribution is 6.31. The summed E-state index contributed by atoms with van der Waals surface area (Å²) in [5.41, 5.74) is 8.25. The van der Waals surface area contributed by atoms with Crippen molar-refractivity contribution in [3.8, 4) is 17.1 Å². The second-order valence-corrected chi connectivity index (χ2v) is 5.04. The number of fused-ring (bicyclic) bond motifs is 1. The van der Waals surface area contributed by atoms with E-state index in [0.717, 1.165) is 28.3 Å². The highest BCUT2D eigenvalue weighted by Gasteiger charge is 2.13. The lowest BCUT2D eigenvalue weighted by Crippen LogP contribution is -2.11. The summed E-state index contributed by atoms with van der Waals surface area (Å²) in [6, 6.07) is 9.55. The van der Waals surface area contributed by atoms with E-state index in [0.29, 0.717) is 18.1 Å². The van der Waals surface area contributed by atoms with E-state index in [2.05, 4.69) is 9.97 Å². The number of nitrogens with two attached hydrogens (primary N) is 1. The summed E-state index contributed by atoms with van der Waals surface area (Å²) in [5, 5.41) is 0.571. The number of imidazole rings is 1. The first kappa shape index (κ1) is 13.9. The average Bonchev–Trinajstić information content (AvgIpc) is 2.85. The van der Waals surface area contributed by atoms with E-state index in [9.17, 15) is 0 Å². The maximum Gasteiger partial charge on any atom is 0.160 e. The Kier molecular flexibility index (Phi) is 3.77. The van der Waals surface area contributed by atoms with Crippen molar-refractivity contribution >= 4 is 22.8 Å². The monoisotopic (exact) mass is 302 g/mol. The van der Waals surface area contributed by atoms with Crippen molar-refractivity contribution in [3.05, 3.63) is 41.6 Å². The number of rotatable bonds is 4. The summed E-state index contributed by atoms with van der Waals surface area (Å²) in [7, 11) is 1.64. The van der Waals surface area contributed by atoms with Crippen LogP contribution in [0, 0.1) is 0 Å². The SMILES string of the molecule is COc1ccc(-c2nc3cc(Cl)cnc3n2CCN)cc1. The fraction of sp³-hybridized carbons (Fsp3) is 0.200. The van der Waals surface area contributed by atoms with E-state index in [-0.39, 0.29) is 0 Å². The molecule has 0 spiro atoms. The zero-order valence-electron chi connectivity index (χ0n) is 11.6. The molecule has 21 heavy (non-hydrogen) atoms. The van der Waals surface area contributed by atoms with Crippen LogP contribution in [0.4, 0.5) is 0 Å². The highest BCUT2D eigenvalue weighted by atomic mass is 35.5. The van der Waals surface area contributed by atoms with Gasteiger partial charge in [0.1, 0.15) is 17.1 Å². The Bertz CT molecular complexity index is 767. The summed E-state index contributed by atoms with van der Waals surface area (Å²) >= 11 is 5.99. The van der Waals surface area contributed by atoms with Gasteiger partial charge in [-0.05, 0) is 30.3 Å². The van der Waals surface area contributed by atoms with Crippen molar-refractivity contribution in [1.29, 1.82) is 0 Å². The minimum atomic E-state index is 0.513. The zero-order valence-corrected chi connectivity index (χ0v) is 12.3. The molecule has 0 aliphatic rings. The van der Waals surface area contributed by atoms with Gasteiger partial charge in [-0.1, -0.05) is 11.6 Å². The van der Waals surface area contributed by atoms with Gasteiger partial charge < -0.3 is 15.0 Å². The molecule has 0 aliphatic carbocycles. The van der Waals surface area contributed by atoms with Crippen LogP contribution in [0.15, 0.2) is 36.5 Å². The second kappa shape index (κ2) is 5.71. The Balaban J connectivity index is 2.17. The molecule has 2 heterocycles. The number of hydrogen-bond donors (Lipinski definition) is 1. The molecule has 0 radical (unpaired) electrons. The van der Waals surface area contributed by atoms with E-state index in [1.165, 1.54) is 0 Å². The van der Waals surface area contributed by atoms with Crippen LogP contribution in [0.2, 0.25) is 5.02 Å². The number of benzene rings is 1. The maximum absolute atomic E-state index is 5.99. The number of nitrogens with zero attached hydrogens (tertiary/aromatic N) is 3. The van der Waals surface area contributed by atoms with Crippen molar-refractivity contribution in [2.75, 3.05) is 13.7 Å². The fourth-order valence-electron chi connectivity index (χ4n) is 2.29. The summed E-state index contributed by atoms with van der Waals surface area (Å²) in [4.78, 5) is 9.00. The highest BCUT2D eigenvalue weighted by Crippen LogP contribution is 2.26. The van der Waals surface area contributed by atoms with Crippen LogP contribution >= 0.6 is 11.6 Å². The van der Waals surface area contributed by atoms with Gasteiger partial charge >= 0.3 is 0 Å². The van der Waals surface area contributed by atoms with Gasteiger partial charge in [-0.25, -0.2) is 9.97 Å². The Morgan fingerprint density at radius 3 is 2.71 bits per heavy atom. The molecule has 0 saturated carbocycles. The van der Waals surface area contributed by atoms with Crippen molar-refractivity contribution in [2.45, 2.75) is 6.54 Å². The Labute approximate surface area is 127 Å². The third-order valence-corrected chi connectivity index (χ3v) is 3.46. The van der Waals surface area contributed by atoms with Crippen LogP contribution in [0.5, 0.6) is 5.75 Å². The van der Waals surface area contributed by atoms with Crippen molar-refractivity contribution in [1.82, 2.24) is 14.5 Å². The van der Waals surface area contributed by atoms with Crippen molar-refractivity contribution in [2.24, 2.45) is 5.73 Å². The number of ether oxygens (including phenoxy) is 1. The molecule has 0 bridgehead atoms. The molecule has 1 aromatic carbocycles. The van der Waals surface area contributed by atoms with Crippen LogP contribution in [-0.2, 0) is 6.54 Å². The average molecular weight is 303 g/mol. The van der Waals surface area contributed by atoms with E-state index in [4.69, 9.17) is 22.1 Å². The van der Waals surface area contributed by atoms with Crippen LogP contribution in [-0.4, -0.2) is 28.2 Å². The van der Waals surface area contributed by atoms with E-state index >= 15 is 0 Å². The van der Waals surface area contributed by atoms with Crippen LogP contribution in [0.3, 0.4) is 0 Å². The van der Waals surface area contributed by atoms with Crippen LogP contribution in [0.1, 0.15) is 0 Å². The maximum atomic E-state index is 5.99. The molecule has 3 rings (SSSR count). The van der Waals surface area contributed by atoms with Crippen LogP contribution < -0.4 is 10.5 Å². The van der Waals surface area contributed by atoms with E-state index in [1.54, 1.807) is 13.3 Å². The third kappa shape index (κ3) is 2.57. The van der Waals surface area contributed by atoms with Gasteiger partial charge in [0.05, 0.1) is 12.1 Å². The predicted molar refractivity (Wildman–Crippen MR) is 83.6 cm³/mol. The second-order valence-electron chi connectivity index (χ2n) is 4.60. The summed E-state index contributed by atoms with van der Waals surface area (Å²) in [5.74, 6) is 1.63. The summed E-state index contributed by atoms with van der Waals surface area (Å²) in [6.45, 7) is 1.16. The van der Waals surface area contributed by atoms with Gasteiger partial charge in [0.25, 0.3) is 0 Å². The number of pyridine rings is 1. The first-order chi connectivity index (χ1) is 10.2. The molecule has 3 aromatic rings. The standard InChI is InChI=1S/C15H15ClN4O/c1-21-12-4-2-10(3-5-12)14-19-13-8-11(16)9-18-15(13)20(14)7-6-17/h2-5,8-9H,6-7,17H2,1H3. The molecule has 5 nitrogen and oxygen atoms in total. The van der Waals surface area contributed by atoms with Gasteiger partial charge in [0.2, 0.25) is 0 Å². The Morgan fingerprint density at radius 1 is 1.29 bits per heavy atom. The number of aromatic nitrogens is 3. The first-order valence-electron chi connectivity index (χ1n) is 6.59. The zero-order chi connectivity index (χ0) is 14.8. The largest absolute Gasteiger partial charge is 0.497 e. The van der Waals surface area contributed by atoms with Crippen LogP contribution in [0.25, 0.3) is 22.6 Å². The van der Waals surface area contributed by atoms with Gasteiger partial charge in [-0.2, -0.15) is 0 Å². The molecule has 0 unspecified atom stereocenters. The van der Waals surface area contributed by atoms with E-state index in [1.807, 2.05) is 34.9 Å². The third-order valence-electron chi connectivity index (χ3n) is 3.25. The lowest BCUT2D eigenvalue weighted by Gasteiger charge is -2.07. The molecule has 6 heteroatoms. The van der Waals surface area contributed by atoms with Gasteiger partial charge in [0.15, 0.2) is 5.65 Å². The summed E-state index contributed by atoms with van der Waals surface area (Å²) in [6.07, 6.45) is 1.62. The molecule has 0 amide bonds. The van der Waals surface area contributed by atoms with Gasteiger partial charge in [-0.15, -0.1) is 0 Å². The van der Waals surface area contributed by atoms with E-state index < -0.39 is 0 Å². The molecule has 2 aromatic heterocycles. The predicted octanol–water partition coefficient (Wildman–Crippen LogP) is 2.72. The normalized spacial score (nSPS) is 11.0. The Morgan fingerprint density at radius 2 is 2.05 bits per heavy atom. The summed E-state index contributed by atoms with van der Waals surface area (Å²) < 4.78 is 7.19. The molecule has 0 atom stereocenters. The first-order valence-corrected chi connectivity index (χ1v) is 6.97. The lowest BCUT2D eigenvalue weighted by molar-refractivity contribution is 0.415. The van der Waals surface area contributed by atoms with Gasteiger partial charge in [-0.3, -0.25) is 0 Å². The minimum Gasteiger partial charge on any atom is -0.497 e. The fourth-order valence-corrected chi connectivity index (χ4v) is 2.44. The minimum absolute atomic E-state index is 0.513. The molecule has 2 N–H and O–H groups in total.